The van der Waals surface area contributed by atoms with Gasteiger partial charge in [0.25, 0.3) is 0 Å². The molecule has 8 heteroatoms. The van der Waals surface area contributed by atoms with Gasteiger partial charge in [-0.3, -0.25) is 9.47 Å². The van der Waals surface area contributed by atoms with Crippen LogP contribution in [0.4, 0.5) is 0 Å². The van der Waals surface area contributed by atoms with Crippen molar-refractivity contribution >= 4 is 5.97 Å². The number of carbonyl (C=O) groups is 1. The molecule has 3 aromatic rings. The molecule has 0 saturated carbocycles. The zero-order chi connectivity index (χ0) is 20.5. The third kappa shape index (κ3) is 3.56. The molecular formula is C22H19N5O3. The molecule has 0 radical (unpaired) electrons. The van der Waals surface area contributed by atoms with E-state index in [0.717, 1.165) is 42.1 Å². The van der Waals surface area contributed by atoms with Crippen LogP contribution in [0.25, 0.3) is 5.82 Å². The van der Waals surface area contributed by atoms with Crippen molar-refractivity contribution in [3.05, 3.63) is 77.0 Å². The number of hydrogen-bond donors (Lipinski definition) is 0. The van der Waals surface area contributed by atoms with Gasteiger partial charge in [-0.1, -0.05) is 12.1 Å². The van der Waals surface area contributed by atoms with E-state index in [1.54, 1.807) is 17.1 Å². The maximum absolute atomic E-state index is 11.7. The summed E-state index contributed by atoms with van der Waals surface area (Å²) in [5.74, 6) is 0.473. The van der Waals surface area contributed by atoms with Gasteiger partial charge in [0.05, 0.1) is 18.3 Å². The van der Waals surface area contributed by atoms with Gasteiger partial charge in [0, 0.05) is 37.6 Å². The number of morpholine rings is 1. The van der Waals surface area contributed by atoms with Crippen molar-refractivity contribution in [3.8, 4) is 11.9 Å². The Labute approximate surface area is 173 Å². The van der Waals surface area contributed by atoms with Crippen LogP contribution in [0.1, 0.15) is 38.8 Å². The zero-order valence-electron chi connectivity index (χ0n) is 16.2. The fraction of sp³-hybridized carbons (Fsp3) is 0.273. The lowest BCUT2D eigenvalue weighted by Gasteiger charge is -2.33. The number of cyclic esters (lactones) is 1. The predicted octanol–water partition coefficient (Wildman–Crippen LogP) is 2.38. The molecule has 2 aliphatic heterocycles. The lowest BCUT2D eigenvalue weighted by atomic mass is 10.0. The summed E-state index contributed by atoms with van der Waals surface area (Å²) in [6.45, 7) is 3.37. The standard InChI is InChI=1S/C22H19N5O3/c23-8-18-11-27(14-25-18)21-4-1-15(9-24-21)10-26-5-6-29-20(12-26)16-2-3-19-17(7-16)13-30-22(19)28/h1-4,7,9,11,14,20H,5-6,10,12-13H2/t20-/m0/s1. The van der Waals surface area contributed by atoms with Gasteiger partial charge in [0.2, 0.25) is 0 Å². The second kappa shape index (κ2) is 7.71. The normalized spacial score (nSPS) is 18.6. The van der Waals surface area contributed by atoms with Crippen LogP contribution in [0.5, 0.6) is 0 Å². The molecular weight excluding hydrogens is 382 g/mol. The summed E-state index contributed by atoms with van der Waals surface area (Å²) in [6.07, 6.45) is 5.05. The van der Waals surface area contributed by atoms with Crippen molar-refractivity contribution < 1.29 is 14.3 Å². The first-order valence-electron chi connectivity index (χ1n) is 9.73. The molecule has 1 aromatic carbocycles. The number of rotatable bonds is 4. The molecule has 30 heavy (non-hydrogen) atoms. The van der Waals surface area contributed by atoms with Crippen molar-refractivity contribution in [1.29, 1.82) is 5.26 Å². The molecule has 4 heterocycles. The number of pyridine rings is 1. The minimum atomic E-state index is -0.252. The minimum Gasteiger partial charge on any atom is -0.457 e. The lowest BCUT2D eigenvalue weighted by molar-refractivity contribution is -0.0330. The molecule has 1 fully saturated rings. The smallest absolute Gasteiger partial charge is 0.338 e. The molecule has 150 valence electrons. The molecule has 2 aliphatic rings. The Morgan fingerprint density at radius 1 is 1.23 bits per heavy atom. The van der Waals surface area contributed by atoms with E-state index in [2.05, 4.69) is 14.9 Å². The van der Waals surface area contributed by atoms with E-state index in [4.69, 9.17) is 14.7 Å². The number of carbonyl (C=O) groups excluding carboxylic acids is 1. The van der Waals surface area contributed by atoms with Crippen LogP contribution >= 0.6 is 0 Å². The third-order valence-electron chi connectivity index (χ3n) is 5.41. The number of ether oxygens (including phenoxy) is 2. The van der Waals surface area contributed by atoms with E-state index in [0.29, 0.717) is 24.5 Å². The van der Waals surface area contributed by atoms with E-state index in [1.807, 2.05) is 42.6 Å². The minimum absolute atomic E-state index is 0.0395. The highest BCUT2D eigenvalue weighted by molar-refractivity contribution is 5.93. The highest BCUT2D eigenvalue weighted by atomic mass is 16.5. The summed E-state index contributed by atoms with van der Waals surface area (Å²) in [4.78, 5) is 22.5. The first-order chi connectivity index (χ1) is 14.7. The summed E-state index contributed by atoms with van der Waals surface area (Å²) in [6, 6.07) is 11.8. The maximum Gasteiger partial charge on any atom is 0.338 e. The number of benzene rings is 1. The highest BCUT2D eigenvalue weighted by Gasteiger charge is 2.26. The van der Waals surface area contributed by atoms with Crippen LogP contribution in [-0.4, -0.2) is 45.1 Å². The number of nitrogens with zero attached hydrogens (tertiary/aromatic N) is 5. The summed E-state index contributed by atoms with van der Waals surface area (Å²) in [7, 11) is 0. The number of nitriles is 1. The number of fused-ring (bicyclic) bond motifs is 1. The van der Waals surface area contributed by atoms with Gasteiger partial charge >= 0.3 is 5.97 Å². The number of hydrogen-bond acceptors (Lipinski definition) is 7. The number of imidazole rings is 1. The van der Waals surface area contributed by atoms with Crippen molar-refractivity contribution in [3.63, 3.8) is 0 Å². The number of aromatic nitrogens is 3. The van der Waals surface area contributed by atoms with E-state index < -0.39 is 0 Å². The largest absolute Gasteiger partial charge is 0.457 e. The summed E-state index contributed by atoms with van der Waals surface area (Å²) in [5, 5.41) is 8.90. The molecule has 1 atom stereocenters. The third-order valence-corrected chi connectivity index (χ3v) is 5.41. The Morgan fingerprint density at radius 2 is 2.17 bits per heavy atom. The molecule has 0 aliphatic carbocycles. The number of esters is 1. The SMILES string of the molecule is N#Cc1cn(-c2ccc(CN3CCO[C@H](c4ccc5c(c4)COC5=O)C3)cn2)cn1. The molecule has 1 saturated heterocycles. The fourth-order valence-corrected chi connectivity index (χ4v) is 3.83. The van der Waals surface area contributed by atoms with E-state index in [-0.39, 0.29) is 12.1 Å². The average Bonchev–Trinajstić information content (AvgIpc) is 3.41. The molecule has 0 bridgehead atoms. The second-order valence-corrected chi connectivity index (χ2v) is 7.39. The Kier molecular flexibility index (Phi) is 4.75. The predicted molar refractivity (Wildman–Crippen MR) is 106 cm³/mol. The average molecular weight is 401 g/mol. The van der Waals surface area contributed by atoms with E-state index in [1.165, 1.54) is 0 Å². The fourth-order valence-electron chi connectivity index (χ4n) is 3.83. The van der Waals surface area contributed by atoms with Gasteiger partial charge in [0.1, 0.15) is 24.8 Å². The van der Waals surface area contributed by atoms with Gasteiger partial charge < -0.3 is 9.47 Å². The van der Waals surface area contributed by atoms with Gasteiger partial charge in [0.15, 0.2) is 5.69 Å². The molecule has 5 rings (SSSR count). The second-order valence-electron chi connectivity index (χ2n) is 7.39. The maximum atomic E-state index is 11.7. The van der Waals surface area contributed by atoms with Gasteiger partial charge in [-0.2, -0.15) is 5.26 Å². The Hall–Kier alpha value is -3.54. The summed E-state index contributed by atoms with van der Waals surface area (Å²) < 4.78 is 12.8. The van der Waals surface area contributed by atoms with Crippen LogP contribution < -0.4 is 0 Å². The highest BCUT2D eigenvalue weighted by Crippen LogP contribution is 2.28. The first-order valence-corrected chi connectivity index (χ1v) is 9.73. The van der Waals surface area contributed by atoms with Gasteiger partial charge in [-0.05, 0) is 29.3 Å². The Morgan fingerprint density at radius 3 is 2.97 bits per heavy atom. The summed E-state index contributed by atoms with van der Waals surface area (Å²) >= 11 is 0. The van der Waals surface area contributed by atoms with Gasteiger partial charge in [-0.15, -0.1) is 0 Å². The molecule has 0 amide bonds. The molecule has 2 aromatic heterocycles. The van der Waals surface area contributed by atoms with Crippen LogP contribution in [0.15, 0.2) is 49.1 Å². The Balaban J connectivity index is 1.25. The van der Waals surface area contributed by atoms with E-state index >= 15 is 0 Å². The van der Waals surface area contributed by atoms with Crippen LogP contribution in [0.3, 0.4) is 0 Å². The lowest BCUT2D eigenvalue weighted by Crippen LogP contribution is -2.37. The monoisotopic (exact) mass is 401 g/mol. The van der Waals surface area contributed by atoms with Crippen molar-refractivity contribution in [2.24, 2.45) is 0 Å². The summed E-state index contributed by atoms with van der Waals surface area (Å²) in [5.41, 5.74) is 4.11. The van der Waals surface area contributed by atoms with Crippen molar-refractivity contribution in [1.82, 2.24) is 19.4 Å². The van der Waals surface area contributed by atoms with Crippen LogP contribution in [0.2, 0.25) is 0 Å². The van der Waals surface area contributed by atoms with Crippen molar-refractivity contribution in [2.45, 2.75) is 19.3 Å². The zero-order valence-corrected chi connectivity index (χ0v) is 16.2. The molecule has 8 nitrogen and oxygen atoms in total. The molecule has 0 spiro atoms. The molecule has 0 unspecified atom stereocenters. The molecule has 0 N–H and O–H groups in total. The van der Waals surface area contributed by atoms with Crippen LogP contribution in [0, 0.1) is 11.3 Å². The van der Waals surface area contributed by atoms with E-state index in [9.17, 15) is 4.79 Å². The van der Waals surface area contributed by atoms with Crippen LogP contribution in [-0.2, 0) is 22.6 Å². The van der Waals surface area contributed by atoms with Gasteiger partial charge in [-0.25, -0.2) is 14.8 Å². The quantitative estimate of drug-likeness (QED) is 0.620. The Bertz CT molecular complexity index is 1130. The topological polar surface area (TPSA) is 93.3 Å². The first kappa shape index (κ1) is 18.5. The van der Waals surface area contributed by atoms with Crippen molar-refractivity contribution in [2.75, 3.05) is 19.7 Å².